The lowest BCUT2D eigenvalue weighted by molar-refractivity contribution is -0.134. The highest BCUT2D eigenvalue weighted by Gasteiger charge is 2.31. The van der Waals surface area contributed by atoms with Gasteiger partial charge >= 0.3 is 0 Å². The molecule has 3 N–H and O–H groups in total. The fourth-order valence-corrected chi connectivity index (χ4v) is 4.94. The molecular weight excluding hydrogens is 446 g/mol. The summed E-state index contributed by atoms with van der Waals surface area (Å²) in [7, 11) is 0. The molecule has 35 heavy (non-hydrogen) atoms. The lowest BCUT2D eigenvalue weighted by Crippen LogP contribution is -2.45. The highest BCUT2D eigenvalue weighted by Crippen LogP contribution is 2.33. The minimum Gasteiger partial charge on any atom is -0.481 e. The minimum absolute atomic E-state index is 0.0438. The Hall–Kier alpha value is -4.05. The number of pyridine rings is 1. The van der Waals surface area contributed by atoms with Gasteiger partial charge in [0.25, 0.3) is 11.5 Å². The predicted molar refractivity (Wildman–Crippen MR) is 130 cm³/mol. The van der Waals surface area contributed by atoms with Crippen LogP contribution in [0.4, 0.5) is 0 Å². The second-order valence-corrected chi connectivity index (χ2v) is 8.98. The maximum absolute atomic E-state index is 13.5. The fraction of sp³-hybridized carbons (Fsp3) is 0.320. The Kier molecular flexibility index (Phi) is 6.04. The smallest absolute Gasteiger partial charge is 0.300 e. The Bertz CT molecular complexity index is 1430. The lowest BCUT2D eigenvalue weighted by atomic mass is 9.84. The maximum Gasteiger partial charge on any atom is 0.300 e. The third kappa shape index (κ3) is 4.52. The molecule has 0 saturated carbocycles. The van der Waals surface area contributed by atoms with Crippen LogP contribution < -0.4 is 10.9 Å². The number of hydrogen-bond acceptors (Lipinski definition) is 6. The monoisotopic (exact) mass is 473 g/mol. The van der Waals surface area contributed by atoms with Crippen LogP contribution in [0.1, 0.15) is 30.8 Å². The Balaban J connectivity index is 0.000000591. The van der Waals surface area contributed by atoms with Crippen molar-refractivity contribution in [3.8, 4) is 28.5 Å². The number of aromatic amines is 1. The normalized spacial score (nSPS) is 18.3. The standard InChI is InChI=1S/C23H23N7O.C2H4O2/c1-14-26-21(28-27-14)16-3-2-4-18(10-16)29-8-7-25-22(29)19-5-6-20-17-9-15(11-24-12-17)13-30(20)23(19)31;1-2(3)4/h2-8,10,15,17,24H,9,11-13H2,1H3,(H,26,27,28);1H3,(H,3,4)/t15-,17+;/m0./s1. The van der Waals surface area contributed by atoms with E-state index in [1.807, 2.05) is 52.6 Å². The van der Waals surface area contributed by atoms with E-state index in [4.69, 9.17) is 9.90 Å². The number of carboxylic acids is 1. The molecule has 2 aliphatic heterocycles. The zero-order valence-electron chi connectivity index (χ0n) is 19.6. The number of carbonyl (C=O) groups is 1. The molecule has 10 heteroatoms. The number of nitrogens with one attached hydrogen (secondary N) is 2. The molecule has 4 aromatic rings. The number of H-pyrrole nitrogens is 1. The van der Waals surface area contributed by atoms with Crippen LogP contribution >= 0.6 is 0 Å². The molecule has 1 fully saturated rings. The quantitative estimate of drug-likeness (QED) is 0.417. The van der Waals surface area contributed by atoms with Crippen LogP contribution in [-0.4, -0.2) is 53.5 Å². The van der Waals surface area contributed by atoms with E-state index in [2.05, 4.69) is 31.5 Å². The summed E-state index contributed by atoms with van der Waals surface area (Å²) in [5.41, 5.74) is 3.63. The van der Waals surface area contributed by atoms with Gasteiger partial charge in [-0.25, -0.2) is 9.97 Å². The third-order valence-electron chi connectivity index (χ3n) is 6.37. The van der Waals surface area contributed by atoms with Gasteiger partial charge in [0.1, 0.15) is 11.6 Å². The van der Waals surface area contributed by atoms with Crippen LogP contribution in [0.2, 0.25) is 0 Å². The number of rotatable bonds is 3. The summed E-state index contributed by atoms with van der Waals surface area (Å²) >= 11 is 0. The van der Waals surface area contributed by atoms with Crippen molar-refractivity contribution in [2.45, 2.75) is 32.7 Å². The topological polar surface area (TPSA) is 131 Å². The number of hydrogen-bond donors (Lipinski definition) is 3. The van der Waals surface area contributed by atoms with Gasteiger partial charge in [-0.2, -0.15) is 5.10 Å². The van der Waals surface area contributed by atoms with E-state index in [0.717, 1.165) is 55.7 Å². The summed E-state index contributed by atoms with van der Waals surface area (Å²) in [5, 5.41) is 18.1. The summed E-state index contributed by atoms with van der Waals surface area (Å²) in [6.45, 7) is 5.65. The van der Waals surface area contributed by atoms with Gasteiger partial charge in [0.2, 0.25) is 0 Å². The Morgan fingerprint density at radius 2 is 2.03 bits per heavy atom. The lowest BCUT2D eigenvalue weighted by Gasteiger charge is -2.37. The van der Waals surface area contributed by atoms with Crippen LogP contribution in [-0.2, 0) is 11.3 Å². The zero-order chi connectivity index (χ0) is 24.5. The average Bonchev–Trinajstić information content (AvgIpc) is 3.49. The molecule has 10 nitrogen and oxygen atoms in total. The number of fused-ring (bicyclic) bond motifs is 4. The van der Waals surface area contributed by atoms with Crippen LogP contribution in [0.15, 0.2) is 53.6 Å². The number of aromatic nitrogens is 6. The van der Waals surface area contributed by atoms with Crippen LogP contribution in [0.3, 0.4) is 0 Å². The number of imidazole rings is 1. The van der Waals surface area contributed by atoms with Crippen molar-refractivity contribution < 1.29 is 9.90 Å². The molecule has 2 bridgehead atoms. The van der Waals surface area contributed by atoms with Crippen molar-refractivity contribution in [3.05, 3.63) is 70.7 Å². The number of piperidine rings is 1. The summed E-state index contributed by atoms with van der Waals surface area (Å²) < 4.78 is 3.93. The summed E-state index contributed by atoms with van der Waals surface area (Å²) in [6.07, 6.45) is 4.79. The van der Waals surface area contributed by atoms with Gasteiger partial charge in [-0.3, -0.25) is 19.3 Å². The van der Waals surface area contributed by atoms with E-state index in [-0.39, 0.29) is 5.56 Å². The number of aliphatic carboxylic acids is 1. The van der Waals surface area contributed by atoms with E-state index in [1.54, 1.807) is 6.20 Å². The van der Waals surface area contributed by atoms with Crippen molar-refractivity contribution >= 4 is 5.97 Å². The molecule has 2 aliphatic rings. The Labute approximate surface area is 201 Å². The van der Waals surface area contributed by atoms with Crippen LogP contribution in [0.25, 0.3) is 28.5 Å². The van der Waals surface area contributed by atoms with E-state index in [1.165, 1.54) is 0 Å². The van der Waals surface area contributed by atoms with Crippen molar-refractivity contribution in [2.24, 2.45) is 5.92 Å². The second-order valence-electron chi connectivity index (χ2n) is 8.98. The fourth-order valence-electron chi connectivity index (χ4n) is 4.94. The van der Waals surface area contributed by atoms with E-state index in [9.17, 15) is 4.79 Å². The molecule has 6 rings (SSSR count). The Morgan fingerprint density at radius 3 is 2.80 bits per heavy atom. The van der Waals surface area contributed by atoms with Gasteiger partial charge < -0.3 is 15.0 Å². The molecule has 5 heterocycles. The van der Waals surface area contributed by atoms with Gasteiger partial charge in [0, 0.05) is 55.3 Å². The van der Waals surface area contributed by atoms with Gasteiger partial charge in [-0.1, -0.05) is 12.1 Å². The van der Waals surface area contributed by atoms with Crippen molar-refractivity contribution in [1.29, 1.82) is 0 Å². The first-order valence-corrected chi connectivity index (χ1v) is 11.6. The molecule has 0 amide bonds. The van der Waals surface area contributed by atoms with E-state index in [0.29, 0.717) is 29.0 Å². The zero-order valence-corrected chi connectivity index (χ0v) is 19.6. The largest absolute Gasteiger partial charge is 0.481 e. The van der Waals surface area contributed by atoms with Crippen molar-refractivity contribution in [2.75, 3.05) is 13.1 Å². The van der Waals surface area contributed by atoms with Crippen molar-refractivity contribution in [3.63, 3.8) is 0 Å². The number of carboxylic acid groups (broad SMARTS) is 1. The molecular formula is C25H27N7O3. The molecule has 0 spiro atoms. The highest BCUT2D eigenvalue weighted by molar-refractivity contribution is 5.63. The van der Waals surface area contributed by atoms with Crippen molar-refractivity contribution in [1.82, 2.24) is 34.6 Å². The molecule has 0 aliphatic carbocycles. The highest BCUT2D eigenvalue weighted by atomic mass is 16.4. The number of benzene rings is 1. The molecule has 1 aromatic carbocycles. The van der Waals surface area contributed by atoms with E-state index >= 15 is 0 Å². The summed E-state index contributed by atoms with van der Waals surface area (Å²) in [5.74, 6) is 2.16. The van der Waals surface area contributed by atoms with Crippen LogP contribution in [0, 0.1) is 12.8 Å². The van der Waals surface area contributed by atoms with Gasteiger partial charge in [0.15, 0.2) is 5.82 Å². The predicted octanol–water partition coefficient (Wildman–Crippen LogP) is 2.59. The summed E-state index contributed by atoms with van der Waals surface area (Å²) in [4.78, 5) is 31.5. The molecule has 3 aromatic heterocycles. The second kappa shape index (κ2) is 9.30. The minimum atomic E-state index is -0.833. The molecule has 2 atom stereocenters. The molecule has 180 valence electrons. The molecule has 1 saturated heterocycles. The maximum atomic E-state index is 13.5. The summed E-state index contributed by atoms with van der Waals surface area (Å²) in [6, 6.07) is 12.0. The number of aryl methyl sites for hydroxylation is 1. The van der Waals surface area contributed by atoms with Gasteiger partial charge in [-0.15, -0.1) is 0 Å². The van der Waals surface area contributed by atoms with Gasteiger partial charge in [0.05, 0.1) is 5.56 Å². The Morgan fingerprint density at radius 1 is 1.20 bits per heavy atom. The molecule has 0 radical (unpaired) electrons. The average molecular weight is 474 g/mol. The first kappa shape index (κ1) is 22.7. The van der Waals surface area contributed by atoms with Crippen LogP contribution in [0.5, 0.6) is 0 Å². The first-order chi connectivity index (χ1) is 16.9. The third-order valence-corrected chi connectivity index (χ3v) is 6.37. The SMILES string of the molecule is CC(=O)O.Cc1nc(-c2cccc(-n3ccnc3-c3ccc4n(c3=O)C[C@@H]3CNC[C@H]4C3)c2)n[nH]1. The van der Waals surface area contributed by atoms with Gasteiger partial charge in [-0.05, 0) is 50.1 Å². The van der Waals surface area contributed by atoms with E-state index < -0.39 is 5.97 Å². The first-order valence-electron chi connectivity index (χ1n) is 11.6. The molecule has 0 unspecified atom stereocenters. The number of nitrogens with zero attached hydrogens (tertiary/aromatic N) is 5.